The molecule has 1 aromatic carbocycles. The number of methoxy groups -OCH3 is 1. The molecule has 0 aliphatic heterocycles. The molecule has 2 rings (SSSR count). The van der Waals surface area contributed by atoms with Crippen molar-refractivity contribution in [1.29, 1.82) is 0 Å². The van der Waals surface area contributed by atoms with Gasteiger partial charge in [-0.1, -0.05) is 18.6 Å². The summed E-state index contributed by atoms with van der Waals surface area (Å²) in [5.41, 5.74) is 0.716. The minimum atomic E-state index is 0.210. The molecule has 1 aliphatic carbocycles. The van der Waals surface area contributed by atoms with Crippen LogP contribution >= 0.6 is 0 Å². The van der Waals surface area contributed by atoms with E-state index in [0.717, 1.165) is 12.8 Å². The molecule has 0 spiro atoms. The molecular formula is C14H18O3. The van der Waals surface area contributed by atoms with Gasteiger partial charge < -0.3 is 9.47 Å². The number of carbonyl (C=O) groups is 1. The summed E-state index contributed by atoms with van der Waals surface area (Å²) in [6.45, 7) is 1.01. The van der Waals surface area contributed by atoms with Gasteiger partial charge >= 0.3 is 0 Å². The van der Waals surface area contributed by atoms with Gasteiger partial charge in [0.15, 0.2) is 5.78 Å². The Hall–Kier alpha value is -1.35. The Balaban J connectivity index is 2.06. The monoisotopic (exact) mass is 234 g/mol. The molecule has 3 heteroatoms. The zero-order valence-electron chi connectivity index (χ0n) is 10.1. The zero-order chi connectivity index (χ0) is 12.1. The van der Waals surface area contributed by atoms with E-state index in [2.05, 4.69) is 0 Å². The van der Waals surface area contributed by atoms with Gasteiger partial charge in [-0.3, -0.25) is 4.79 Å². The Morgan fingerprint density at radius 2 is 2.06 bits per heavy atom. The quantitative estimate of drug-likeness (QED) is 0.561. The van der Waals surface area contributed by atoms with Crippen LogP contribution in [0.15, 0.2) is 24.3 Å². The van der Waals surface area contributed by atoms with E-state index in [1.807, 2.05) is 24.3 Å². The lowest BCUT2D eigenvalue weighted by atomic mass is 9.80. The van der Waals surface area contributed by atoms with Crippen molar-refractivity contribution >= 4 is 5.78 Å². The van der Waals surface area contributed by atoms with Crippen LogP contribution in [0.5, 0.6) is 5.75 Å². The first-order valence-electron chi connectivity index (χ1n) is 6.08. The molecule has 3 nitrogen and oxygen atoms in total. The zero-order valence-corrected chi connectivity index (χ0v) is 10.1. The largest absolute Gasteiger partial charge is 0.490 e. The molecule has 1 saturated carbocycles. The minimum absolute atomic E-state index is 0.210. The van der Waals surface area contributed by atoms with Gasteiger partial charge in [-0.15, -0.1) is 0 Å². The predicted octanol–water partition coefficient (Wildman–Crippen LogP) is 2.69. The maximum atomic E-state index is 12.2. The first-order valence-corrected chi connectivity index (χ1v) is 6.08. The van der Waals surface area contributed by atoms with Crippen LogP contribution < -0.4 is 4.74 Å². The molecule has 1 fully saturated rings. The number of rotatable bonds is 6. The summed E-state index contributed by atoms with van der Waals surface area (Å²) >= 11 is 0. The molecule has 0 aromatic heterocycles. The number of benzene rings is 1. The molecule has 0 heterocycles. The van der Waals surface area contributed by atoms with Gasteiger partial charge in [0, 0.05) is 13.0 Å². The average molecular weight is 234 g/mol. The van der Waals surface area contributed by atoms with Crippen molar-refractivity contribution in [3.05, 3.63) is 29.8 Å². The topological polar surface area (TPSA) is 35.5 Å². The van der Waals surface area contributed by atoms with Crippen LogP contribution in [-0.2, 0) is 4.74 Å². The summed E-state index contributed by atoms with van der Waals surface area (Å²) in [5.74, 6) is 1.12. The predicted molar refractivity (Wildman–Crippen MR) is 65.5 cm³/mol. The number of ether oxygens (including phenoxy) is 2. The Morgan fingerprint density at radius 1 is 1.29 bits per heavy atom. The van der Waals surface area contributed by atoms with Crippen molar-refractivity contribution in [2.45, 2.75) is 19.3 Å². The highest BCUT2D eigenvalue weighted by Crippen LogP contribution is 2.32. The number of hydrogen-bond acceptors (Lipinski definition) is 3. The highest BCUT2D eigenvalue weighted by atomic mass is 16.5. The second kappa shape index (κ2) is 5.82. The van der Waals surface area contributed by atoms with Crippen LogP contribution in [-0.4, -0.2) is 26.1 Å². The van der Waals surface area contributed by atoms with Crippen LogP contribution in [0.25, 0.3) is 0 Å². The van der Waals surface area contributed by atoms with E-state index < -0.39 is 0 Å². The highest BCUT2D eigenvalue weighted by Gasteiger charge is 2.27. The summed E-state index contributed by atoms with van der Waals surface area (Å²) in [7, 11) is 1.63. The van der Waals surface area contributed by atoms with Gasteiger partial charge in [0.1, 0.15) is 12.4 Å². The van der Waals surface area contributed by atoms with E-state index in [1.54, 1.807) is 7.11 Å². The summed E-state index contributed by atoms with van der Waals surface area (Å²) < 4.78 is 10.5. The van der Waals surface area contributed by atoms with Crippen LogP contribution in [0.2, 0.25) is 0 Å². The molecule has 0 radical (unpaired) electrons. The van der Waals surface area contributed by atoms with Gasteiger partial charge in [0.25, 0.3) is 0 Å². The van der Waals surface area contributed by atoms with Crippen molar-refractivity contribution in [1.82, 2.24) is 0 Å². The first kappa shape index (κ1) is 12.1. The summed E-state index contributed by atoms with van der Waals surface area (Å²) in [5, 5.41) is 0. The molecule has 0 bridgehead atoms. The molecule has 0 saturated heterocycles. The number of para-hydroxylation sites is 1. The Kier molecular flexibility index (Phi) is 4.15. The second-order valence-electron chi connectivity index (χ2n) is 4.33. The normalized spacial score (nSPS) is 15.4. The fourth-order valence-electron chi connectivity index (χ4n) is 1.92. The number of Topliss-reactive ketones (excluding diaryl/α,β-unsaturated/α-hetero) is 1. The molecule has 0 N–H and O–H groups in total. The van der Waals surface area contributed by atoms with Gasteiger partial charge in [0.2, 0.25) is 0 Å². The minimum Gasteiger partial charge on any atom is -0.490 e. The standard InChI is InChI=1S/C14H18O3/c1-16-9-10-17-13-8-3-2-7-12(13)14(15)11-5-4-6-11/h2-3,7-8,11H,4-6,9-10H2,1H3. The number of carbonyl (C=O) groups excluding carboxylic acids is 1. The fourth-order valence-corrected chi connectivity index (χ4v) is 1.92. The molecule has 0 amide bonds. The lowest BCUT2D eigenvalue weighted by Gasteiger charge is -2.24. The van der Waals surface area contributed by atoms with Crippen molar-refractivity contribution in [3.8, 4) is 5.75 Å². The van der Waals surface area contributed by atoms with Gasteiger partial charge in [0.05, 0.1) is 12.2 Å². The third-order valence-corrected chi connectivity index (χ3v) is 3.17. The van der Waals surface area contributed by atoms with Crippen LogP contribution in [0.3, 0.4) is 0 Å². The lowest BCUT2D eigenvalue weighted by Crippen LogP contribution is -2.22. The van der Waals surface area contributed by atoms with E-state index in [0.29, 0.717) is 24.5 Å². The summed E-state index contributed by atoms with van der Waals surface area (Å²) in [6, 6.07) is 7.47. The van der Waals surface area contributed by atoms with Crippen molar-refractivity contribution in [3.63, 3.8) is 0 Å². The van der Waals surface area contributed by atoms with E-state index in [9.17, 15) is 4.79 Å². The summed E-state index contributed by atoms with van der Waals surface area (Å²) in [4.78, 5) is 12.2. The highest BCUT2D eigenvalue weighted by molar-refractivity contribution is 6.00. The molecule has 0 atom stereocenters. The SMILES string of the molecule is COCCOc1ccccc1C(=O)C1CCC1. The van der Waals surface area contributed by atoms with Crippen molar-refractivity contribution < 1.29 is 14.3 Å². The molecule has 0 unspecified atom stereocenters. The Bertz CT molecular complexity index is 383. The molecule has 92 valence electrons. The Morgan fingerprint density at radius 3 is 2.71 bits per heavy atom. The first-order chi connectivity index (χ1) is 8.33. The second-order valence-corrected chi connectivity index (χ2v) is 4.33. The Labute approximate surface area is 102 Å². The van der Waals surface area contributed by atoms with E-state index >= 15 is 0 Å². The van der Waals surface area contributed by atoms with Crippen molar-refractivity contribution in [2.75, 3.05) is 20.3 Å². The van der Waals surface area contributed by atoms with Gasteiger partial charge in [-0.05, 0) is 25.0 Å². The third-order valence-electron chi connectivity index (χ3n) is 3.17. The average Bonchev–Trinajstić information content (AvgIpc) is 2.27. The molecule has 17 heavy (non-hydrogen) atoms. The maximum Gasteiger partial charge on any atom is 0.169 e. The number of hydrogen-bond donors (Lipinski definition) is 0. The van der Waals surface area contributed by atoms with Crippen LogP contribution in [0.1, 0.15) is 29.6 Å². The third kappa shape index (κ3) is 2.86. The van der Waals surface area contributed by atoms with Gasteiger partial charge in [-0.25, -0.2) is 0 Å². The van der Waals surface area contributed by atoms with Crippen molar-refractivity contribution in [2.24, 2.45) is 5.92 Å². The number of ketones is 1. The lowest BCUT2D eigenvalue weighted by molar-refractivity contribution is 0.0848. The molecular weight excluding hydrogens is 216 g/mol. The molecule has 1 aliphatic rings. The van der Waals surface area contributed by atoms with Gasteiger partial charge in [-0.2, -0.15) is 0 Å². The summed E-state index contributed by atoms with van der Waals surface area (Å²) in [6.07, 6.45) is 3.21. The maximum absolute atomic E-state index is 12.2. The van der Waals surface area contributed by atoms with E-state index in [4.69, 9.17) is 9.47 Å². The fraction of sp³-hybridized carbons (Fsp3) is 0.500. The smallest absolute Gasteiger partial charge is 0.169 e. The molecule has 1 aromatic rings. The van der Waals surface area contributed by atoms with E-state index in [-0.39, 0.29) is 11.7 Å². The van der Waals surface area contributed by atoms with Crippen LogP contribution in [0.4, 0.5) is 0 Å². The van der Waals surface area contributed by atoms with E-state index in [1.165, 1.54) is 6.42 Å². The van der Waals surface area contributed by atoms with Crippen LogP contribution in [0, 0.1) is 5.92 Å².